The highest BCUT2D eigenvalue weighted by Crippen LogP contribution is 2.29. The lowest BCUT2D eigenvalue weighted by molar-refractivity contribution is -0.905. The lowest BCUT2D eigenvalue weighted by Crippen LogP contribution is -3.13. The average molecular weight is 347 g/mol. The van der Waals surface area contributed by atoms with E-state index < -0.39 is 0 Å². The molecule has 2 rings (SSSR count). The Labute approximate surface area is 142 Å². The maximum absolute atomic E-state index is 6.15. The Kier molecular flexibility index (Phi) is 6.55. The molecular weight excluding hydrogens is 325 g/mol. The number of quaternary nitrogens is 1. The minimum atomic E-state index is 0.448. The van der Waals surface area contributed by atoms with Crippen molar-refractivity contribution in [2.75, 3.05) is 25.0 Å². The second-order valence-corrected chi connectivity index (χ2v) is 6.67. The van der Waals surface area contributed by atoms with E-state index in [4.69, 9.17) is 35.4 Å². The molecule has 0 aromatic heterocycles. The molecule has 1 fully saturated rings. The van der Waals surface area contributed by atoms with Gasteiger partial charge in [-0.3, -0.25) is 0 Å². The van der Waals surface area contributed by atoms with Gasteiger partial charge in [0.2, 0.25) is 0 Å². The number of nitrogens with one attached hydrogen (secondary N) is 3. The molecule has 0 aliphatic carbocycles. The van der Waals surface area contributed by atoms with E-state index in [2.05, 4.69) is 17.6 Å². The van der Waals surface area contributed by atoms with E-state index in [0.717, 1.165) is 18.5 Å². The van der Waals surface area contributed by atoms with Gasteiger partial charge in [0, 0.05) is 18.9 Å². The van der Waals surface area contributed by atoms with Crippen LogP contribution in [-0.4, -0.2) is 30.8 Å². The zero-order valence-corrected chi connectivity index (χ0v) is 14.5. The second kappa shape index (κ2) is 8.18. The van der Waals surface area contributed by atoms with Gasteiger partial charge in [-0.25, -0.2) is 0 Å². The molecule has 3 N–H and O–H groups in total. The first-order valence-corrected chi connectivity index (χ1v) is 8.61. The summed E-state index contributed by atoms with van der Waals surface area (Å²) in [5.41, 5.74) is 0.746. The average Bonchev–Trinajstić information content (AvgIpc) is 2.46. The van der Waals surface area contributed by atoms with E-state index in [-0.39, 0.29) is 0 Å². The Morgan fingerprint density at radius 2 is 2.05 bits per heavy atom. The molecule has 0 unspecified atom stereocenters. The number of anilines is 1. The van der Waals surface area contributed by atoms with Crippen LogP contribution in [-0.2, 0) is 0 Å². The van der Waals surface area contributed by atoms with Crippen LogP contribution in [0.5, 0.6) is 0 Å². The molecule has 0 atom stereocenters. The maximum Gasteiger partial charge on any atom is 0.171 e. The van der Waals surface area contributed by atoms with Gasteiger partial charge in [0.25, 0.3) is 0 Å². The van der Waals surface area contributed by atoms with Crippen LogP contribution in [0.25, 0.3) is 0 Å². The predicted octanol–water partition coefficient (Wildman–Crippen LogP) is 2.74. The van der Waals surface area contributed by atoms with Gasteiger partial charge in [-0.15, -0.1) is 0 Å². The molecule has 0 radical (unpaired) electrons. The lowest BCUT2D eigenvalue weighted by Gasteiger charge is -2.30. The molecule has 21 heavy (non-hydrogen) atoms. The highest BCUT2D eigenvalue weighted by molar-refractivity contribution is 7.80. The number of rotatable bonds is 4. The van der Waals surface area contributed by atoms with Crippen molar-refractivity contribution in [3.05, 3.63) is 28.2 Å². The molecule has 0 amide bonds. The van der Waals surface area contributed by atoms with Crippen molar-refractivity contribution in [2.24, 2.45) is 0 Å². The summed E-state index contributed by atoms with van der Waals surface area (Å²) in [7, 11) is 0. The van der Waals surface area contributed by atoms with E-state index in [9.17, 15) is 0 Å². The van der Waals surface area contributed by atoms with Crippen molar-refractivity contribution in [2.45, 2.75) is 32.2 Å². The topological polar surface area (TPSA) is 28.5 Å². The standard InChI is InChI=1S/C15H21Cl2N3S/c1-2-8-20-9-6-11(7-10-20)18-15(21)19-13-5-3-4-12(16)14(13)17/h3-5,11H,2,6-10H2,1H3,(H2,18,19,21)/p+1. The van der Waals surface area contributed by atoms with Crippen LogP contribution < -0.4 is 15.5 Å². The van der Waals surface area contributed by atoms with Gasteiger partial charge in [-0.2, -0.15) is 0 Å². The highest BCUT2D eigenvalue weighted by Gasteiger charge is 2.21. The predicted molar refractivity (Wildman–Crippen MR) is 94.7 cm³/mol. The zero-order chi connectivity index (χ0) is 15.2. The molecule has 1 aromatic carbocycles. The number of likely N-dealkylation sites (tertiary alicyclic amines) is 1. The minimum absolute atomic E-state index is 0.448. The molecule has 1 aliphatic heterocycles. The van der Waals surface area contributed by atoms with Gasteiger partial charge >= 0.3 is 0 Å². The molecule has 3 nitrogen and oxygen atoms in total. The van der Waals surface area contributed by atoms with E-state index in [0.29, 0.717) is 21.2 Å². The minimum Gasteiger partial charge on any atom is -0.359 e. The maximum atomic E-state index is 6.15. The van der Waals surface area contributed by atoms with Crippen molar-refractivity contribution in [1.82, 2.24) is 5.32 Å². The molecule has 6 heteroatoms. The van der Waals surface area contributed by atoms with Crippen molar-refractivity contribution in [3.63, 3.8) is 0 Å². The number of hydrogen-bond donors (Lipinski definition) is 3. The van der Waals surface area contributed by atoms with Crippen molar-refractivity contribution in [3.8, 4) is 0 Å². The monoisotopic (exact) mass is 346 g/mol. The second-order valence-electron chi connectivity index (χ2n) is 5.47. The number of benzene rings is 1. The fraction of sp³-hybridized carbons (Fsp3) is 0.533. The summed E-state index contributed by atoms with van der Waals surface area (Å²) < 4.78 is 0. The van der Waals surface area contributed by atoms with E-state index in [1.807, 2.05) is 12.1 Å². The van der Waals surface area contributed by atoms with Crippen LogP contribution >= 0.6 is 35.4 Å². The summed E-state index contributed by atoms with van der Waals surface area (Å²) in [5.74, 6) is 0. The largest absolute Gasteiger partial charge is 0.359 e. The molecular formula is C15H22Cl2N3S+. The summed E-state index contributed by atoms with van der Waals surface area (Å²) >= 11 is 17.5. The van der Waals surface area contributed by atoms with Crippen LogP contribution in [0.2, 0.25) is 10.0 Å². The Morgan fingerprint density at radius 1 is 1.33 bits per heavy atom. The molecule has 1 saturated heterocycles. The SMILES string of the molecule is CCC[NH+]1CCC(NC(=S)Nc2cccc(Cl)c2Cl)CC1. The van der Waals surface area contributed by atoms with Gasteiger partial charge in [0.15, 0.2) is 5.11 Å². The van der Waals surface area contributed by atoms with Gasteiger partial charge < -0.3 is 15.5 Å². The first-order chi connectivity index (χ1) is 10.1. The third kappa shape index (κ3) is 4.99. The normalized spacial score (nSPS) is 21.9. The van der Waals surface area contributed by atoms with Crippen LogP contribution in [0.3, 0.4) is 0 Å². The van der Waals surface area contributed by atoms with Gasteiger partial charge in [-0.05, 0) is 30.8 Å². The fourth-order valence-electron chi connectivity index (χ4n) is 2.72. The number of piperidine rings is 1. The lowest BCUT2D eigenvalue weighted by atomic mass is 10.1. The van der Waals surface area contributed by atoms with Crippen LogP contribution in [0.4, 0.5) is 5.69 Å². The Hall–Kier alpha value is -0.550. The first-order valence-electron chi connectivity index (χ1n) is 7.45. The summed E-state index contributed by atoms with van der Waals surface area (Å²) in [6.45, 7) is 5.94. The molecule has 0 bridgehead atoms. The van der Waals surface area contributed by atoms with Crippen LogP contribution in [0, 0.1) is 0 Å². The molecule has 116 valence electrons. The van der Waals surface area contributed by atoms with Crippen LogP contribution in [0.15, 0.2) is 18.2 Å². The van der Waals surface area contributed by atoms with Gasteiger partial charge in [-0.1, -0.05) is 36.2 Å². The number of hydrogen-bond acceptors (Lipinski definition) is 1. The first kappa shape index (κ1) is 16.8. The van der Waals surface area contributed by atoms with Crippen LogP contribution in [0.1, 0.15) is 26.2 Å². The molecule has 0 saturated carbocycles. The number of thiocarbonyl (C=S) groups is 1. The summed E-state index contributed by atoms with van der Waals surface area (Å²) in [4.78, 5) is 1.70. The van der Waals surface area contributed by atoms with Crippen molar-refractivity contribution < 1.29 is 4.90 Å². The molecule has 0 spiro atoms. The molecule has 1 heterocycles. The highest BCUT2D eigenvalue weighted by atomic mass is 35.5. The van der Waals surface area contributed by atoms with E-state index in [1.54, 1.807) is 11.0 Å². The van der Waals surface area contributed by atoms with E-state index >= 15 is 0 Å². The van der Waals surface area contributed by atoms with Gasteiger partial charge in [0.1, 0.15) is 0 Å². The molecule has 1 aromatic rings. The number of halogens is 2. The Balaban J connectivity index is 1.81. The van der Waals surface area contributed by atoms with Crippen molar-refractivity contribution >= 4 is 46.2 Å². The Bertz CT molecular complexity index is 488. The third-order valence-electron chi connectivity index (χ3n) is 3.83. The zero-order valence-electron chi connectivity index (χ0n) is 12.2. The molecule has 1 aliphatic rings. The summed E-state index contributed by atoms with van der Waals surface area (Å²) in [5, 5.41) is 8.16. The van der Waals surface area contributed by atoms with Crippen molar-refractivity contribution in [1.29, 1.82) is 0 Å². The summed E-state index contributed by atoms with van der Waals surface area (Å²) in [6.07, 6.45) is 3.56. The fourth-order valence-corrected chi connectivity index (χ4v) is 3.34. The summed E-state index contributed by atoms with van der Waals surface area (Å²) in [6, 6.07) is 5.93. The third-order valence-corrected chi connectivity index (χ3v) is 4.87. The quantitative estimate of drug-likeness (QED) is 0.732. The van der Waals surface area contributed by atoms with E-state index in [1.165, 1.54) is 26.1 Å². The van der Waals surface area contributed by atoms with Gasteiger partial charge in [0.05, 0.1) is 35.4 Å². The smallest absolute Gasteiger partial charge is 0.171 e. The Morgan fingerprint density at radius 3 is 2.71 bits per heavy atom.